The lowest BCUT2D eigenvalue weighted by atomic mass is 9.99. The Labute approximate surface area is 97.4 Å². The molecule has 0 radical (unpaired) electrons. The van der Waals surface area contributed by atoms with Crippen molar-refractivity contribution in [3.05, 3.63) is 47.8 Å². The van der Waals surface area contributed by atoms with Crippen LogP contribution in [0.4, 0.5) is 4.39 Å². The van der Waals surface area contributed by atoms with Crippen LogP contribution in [0.15, 0.2) is 30.9 Å². The molecule has 1 aromatic rings. The number of rotatable bonds is 6. The summed E-state index contributed by atoms with van der Waals surface area (Å²) in [5.74, 6) is -0.122. The molecule has 0 heterocycles. The van der Waals surface area contributed by atoms with E-state index in [4.69, 9.17) is 0 Å². The van der Waals surface area contributed by atoms with E-state index in [9.17, 15) is 4.39 Å². The highest BCUT2D eigenvalue weighted by atomic mass is 19.1. The lowest BCUT2D eigenvalue weighted by molar-refractivity contribution is 0.496. The molecule has 88 valence electrons. The highest BCUT2D eigenvalue weighted by Crippen LogP contribution is 2.23. The van der Waals surface area contributed by atoms with Gasteiger partial charge in [-0.25, -0.2) is 4.39 Å². The van der Waals surface area contributed by atoms with Gasteiger partial charge in [0.2, 0.25) is 0 Å². The second-order valence-electron chi connectivity index (χ2n) is 4.09. The first-order valence-corrected chi connectivity index (χ1v) is 5.73. The van der Waals surface area contributed by atoms with E-state index in [2.05, 4.69) is 11.9 Å². The Balaban J connectivity index is 2.77. The highest BCUT2D eigenvalue weighted by molar-refractivity contribution is 5.26. The zero-order valence-corrected chi connectivity index (χ0v) is 10.1. The predicted octanol–water partition coefficient (Wildman–Crippen LogP) is 3.75. The van der Waals surface area contributed by atoms with E-state index >= 15 is 0 Å². The van der Waals surface area contributed by atoms with Gasteiger partial charge in [-0.2, -0.15) is 0 Å². The minimum Gasteiger partial charge on any atom is -0.313 e. The average Bonchev–Trinajstić information content (AvgIpc) is 2.28. The summed E-state index contributed by atoms with van der Waals surface area (Å²) in [5, 5.41) is 3.17. The number of nitrogens with one attached hydrogen (secondary N) is 1. The fourth-order valence-electron chi connectivity index (χ4n) is 1.85. The van der Waals surface area contributed by atoms with Gasteiger partial charge in [0.1, 0.15) is 5.82 Å². The van der Waals surface area contributed by atoms with E-state index < -0.39 is 0 Å². The van der Waals surface area contributed by atoms with Crippen molar-refractivity contribution in [1.82, 2.24) is 5.32 Å². The third-order valence-corrected chi connectivity index (χ3v) is 2.78. The minimum atomic E-state index is -0.122. The zero-order valence-electron chi connectivity index (χ0n) is 10.1. The molecular weight excluding hydrogens is 201 g/mol. The minimum absolute atomic E-state index is 0.0971. The fraction of sp³-hybridized carbons (Fsp3) is 0.429. The number of unbranched alkanes of at least 4 members (excludes halogenated alkanes) is 1. The molecule has 0 aliphatic carbocycles. The molecule has 0 saturated heterocycles. The van der Waals surface area contributed by atoms with Crippen molar-refractivity contribution in [3.63, 3.8) is 0 Å². The van der Waals surface area contributed by atoms with Crippen LogP contribution in [0.1, 0.15) is 36.4 Å². The largest absolute Gasteiger partial charge is 0.313 e. The number of aryl methyl sites for hydroxylation is 1. The smallest absolute Gasteiger partial charge is 0.127 e. The Hall–Kier alpha value is -1.15. The predicted molar refractivity (Wildman–Crippen MR) is 67.0 cm³/mol. The summed E-state index contributed by atoms with van der Waals surface area (Å²) in [6.07, 6.45) is 4.84. The molecule has 0 fully saturated rings. The zero-order chi connectivity index (χ0) is 12.0. The van der Waals surface area contributed by atoms with Crippen LogP contribution >= 0.6 is 0 Å². The molecule has 0 saturated carbocycles. The van der Waals surface area contributed by atoms with Gasteiger partial charge in [0.25, 0.3) is 0 Å². The van der Waals surface area contributed by atoms with Crippen molar-refractivity contribution >= 4 is 0 Å². The average molecular weight is 221 g/mol. The maximum atomic E-state index is 13.7. The number of hydrogen-bond acceptors (Lipinski definition) is 1. The standard InChI is InChI=1S/C14H20FN/c1-4-5-6-7-14(16-3)12-10-11(2)8-9-13(12)15/h4,8-10,14,16H,1,5-7H2,2-3H3. The molecule has 1 aromatic carbocycles. The molecule has 0 aliphatic heterocycles. The second kappa shape index (κ2) is 6.44. The van der Waals surface area contributed by atoms with Gasteiger partial charge in [-0.1, -0.05) is 23.8 Å². The molecule has 16 heavy (non-hydrogen) atoms. The van der Waals surface area contributed by atoms with Crippen LogP contribution in [0.5, 0.6) is 0 Å². The van der Waals surface area contributed by atoms with Crippen LogP contribution in [0, 0.1) is 12.7 Å². The summed E-state index contributed by atoms with van der Waals surface area (Å²) in [7, 11) is 1.88. The summed E-state index contributed by atoms with van der Waals surface area (Å²) in [5.41, 5.74) is 1.87. The van der Waals surface area contributed by atoms with Crippen LogP contribution in [-0.2, 0) is 0 Å². The lowest BCUT2D eigenvalue weighted by Crippen LogP contribution is -2.17. The van der Waals surface area contributed by atoms with Crippen molar-refractivity contribution in [2.24, 2.45) is 0 Å². The van der Waals surface area contributed by atoms with Gasteiger partial charge in [0.05, 0.1) is 0 Å². The van der Waals surface area contributed by atoms with Gasteiger partial charge in [-0.15, -0.1) is 6.58 Å². The molecule has 0 amide bonds. The molecule has 0 bridgehead atoms. The van der Waals surface area contributed by atoms with E-state index in [1.54, 1.807) is 12.1 Å². The molecular formula is C14H20FN. The maximum absolute atomic E-state index is 13.7. The van der Waals surface area contributed by atoms with E-state index in [0.717, 1.165) is 30.4 Å². The van der Waals surface area contributed by atoms with Crippen molar-refractivity contribution in [2.75, 3.05) is 7.05 Å². The van der Waals surface area contributed by atoms with E-state index in [1.807, 2.05) is 26.1 Å². The van der Waals surface area contributed by atoms with Crippen LogP contribution in [0.2, 0.25) is 0 Å². The van der Waals surface area contributed by atoms with Crippen LogP contribution in [0.25, 0.3) is 0 Å². The van der Waals surface area contributed by atoms with Crippen molar-refractivity contribution < 1.29 is 4.39 Å². The molecule has 1 N–H and O–H groups in total. The molecule has 0 aliphatic rings. The summed E-state index contributed by atoms with van der Waals surface area (Å²) >= 11 is 0. The van der Waals surface area contributed by atoms with Gasteiger partial charge in [-0.05, 0) is 39.3 Å². The number of halogens is 1. The van der Waals surface area contributed by atoms with Crippen molar-refractivity contribution in [2.45, 2.75) is 32.2 Å². The van der Waals surface area contributed by atoms with Crippen molar-refractivity contribution in [1.29, 1.82) is 0 Å². The normalized spacial score (nSPS) is 12.4. The first-order valence-electron chi connectivity index (χ1n) is 5.73. The summed E-state index contributed by atoms with van der Waals surface area (Å²) in [4.78, 5) is 0. The quantitative estimate of drug-likeness (QED) is 0.570. The number of benzene rings is 1. The third-order valence-electron chi connectivity index (χ3n) is 2.78. The third kappa shape index (κ3) is 3.46. The molecule has 0 spiro atoms. The first kappa shape index (κ1) is 12.9. The van der Waals surface area contributed by atoms with E-state index in [1.165, 1.54) is 0 Å². The number of allylic oxidation sites excluding steroid dienone is 1. The second-order valence-corrected chi connectivity index (χ2v) is 4.09. The van der Waals surface area contributed by atoms with E-state index in [0.29, 0.717) is 0 Å². The molecule has 1 atom stereocenters. The molecule has 1 nitrogen and oxygen atoms in total. The van der Waals surface area contributed by atoms with Gasteiger partial charge in [-0.3, -0.25) is 0 Å². The Kier molecular flexibility index (Phi) is 5.20. The summed E-state index contributed by atoms with van der Waals surface area (Å²) < 4.78 is 13.7. The van der Waals surface area contributed by atoms with Gasteiger partial charge in [0.15, 0.2) is 0 Å². The van der Waals surface area contributed by atoms with Gasteiger partial charge < -0.3 is 5.32 Å². The monoisotopic (exact) mass is 221 g/mol. The van der Waals surface area contributed by atoms with Crippen LogP contribution in [-0.4, -0.2) is 7.05 Å². The lowest BCUT2D eigenvalue weighted by Gasteiger charge is -2.17. The molecule has 0 aromatic heterocycles. The SMILES string of the molecule is C=CCCCC(NC)c1cc(C)ccc1F. The van der Waals surface area contributed by atoms with Gasteiger partial charge >= 0.3 is 0 Å². The molecule has 2 heteroatoms. The highest BCUT2D eigenvalue weighted by Gasteiger charge is 2.13. The molecule has 1 rings (SSSR count). The topological polar surface area (TPSA) is 12.0 Å². The summed E-state index contributed by atoms with van der Waals surface area (Å²) in [6.45, 7) is 5.68. The Bertz CT molecular complexity index is 347. The number of hydrogen-bond donors (Lipinski definition) is 1. The Morgan fingerprint density at radius 2 is 2.25 bits per heavy atom. The summed E-state index contributed by atoms with van der Waals surface area (Å²) in [6, 6.07) is 5.36. The first-order chi connectivity index (χ1) is 7.69. The van der Waals surface area contributed by atoms with Crippen LogP contribution in [0.3, 0.4) is 0 Å². The Morgan fingerprint density at radius 1 is 1.50 bits per heavy atom. The van der Waals surface area contributed by atoms with Gasteiger partial charge in [0, 0.05) is 11.6 Å². The molecule has 1 unspecified atom stereocenters. The maximum Gasteiger partial charge on any atom is 0.127 e. The Morgan fingerprint density at radius 3 is 2.88 bits per heavy atom. The van der Waals surface area contributed by atoms with Crippen molar-refractivity contribution in [3.8, 4) is 0 Å². The van der Waals surface area contributed by atoms with E-state index in [-0.39, 0.29) is 11.9 Å². The van der Waals surface area contributed by atoms with Crippen LogP contribution < -0.4 is 5.32 Å². The fourth-order valence-corrected chi connectivity index (χ4v) is 1.85.